The summed E-state index contributed by atoms with van der Waals surface area (Å²) < 4.78 is 2.16. The van der Waals surface area contributed by atoms with Crippen molar-refractivity contribution in [3.8, 4) is 28.5 Å². The van der Waals surface area contributed by atoms with E-state index in [0.717, 1.165) is 77.3 Å². The number of aromatic nitrogens is 6. The fraction of sp³-hybridized carbons (Fsp3) is 0. The van der Waals surface area contributed by atoms with Crippen LogP contribution in [-0.4, -0.2) is 29.5 Å². The zero-order valence-corrected chi connectivity index (χ0v) is 22.9. The van der Waals surface area contributed by atoms with Crippen LogP contribution in [0.1, 0.15) is 0 Å². The average molecular weight is 551 g/mol. The molecule has 0 atom stereocenters. The summed E-state index contributed by atoms with van der Waals surface area (Å²) in [5.74, 6) is 1.38. The zero-order chi connectivity index (χ0) is 28.3. The molecule has 4 aromatic carbocycles. The van der Waals surface area contributed by atoms with E-state index in [9.17, 15) is 0 Å². The first-order valence-electron chi connectivity index (χ1n) is 14.2. The van der Waals surface area contributed by atoms with Crippen LogP contribution < -0.4 is 0 Å². The molecule has 0 aliphatic carbocycles. The van der Waals surface area contributed by atoms with Gasteiger partial charge in [-0.05, 0) is 42.5 Å². The van der Waals surface area contributed by atoms with Gasteiger partial charge < -0.3 is 0 Å². The van der Waals surface area contributed by atoms with Crippen molar-refractivity contribution in [1.82, 2.24) is 29.5 Å². The highest BCUT2D eigenvalue weighted by molar-refractivity contribution is 6.11. The van der Waals surface area contributed by atoms with Crippen molar-refractivity contribution in [3.05, 3.63) is 134 Å². The predicted octanol–water partition coefficient (Wildman–Crippen LogP) is 8.55. The number of para-hydroxylation sites is 1. The summed E-state index contributed by atoms with van der Waals surface area (Å²) in [5.41, 5.74) is 7.27. The van der Waals surface area contributed by atoms with Gasteiger partial charge in [0.25, 0.3) is 0 Å². The second-order valence-electron chi connectivity index (χ2n) is 10.6. The van der Waals surface area contributed by atoms with E-state index < -0.39 is 0 Å². The molecule has 0 amide bonds. The summed E-state index contributed by atoms with van der Waals surface area (Å²) in [6.07, 6.45) is 3.65. The van der Waals surface area contributed by atoms with Gasteiger partial charge in [-0.1, -0.05) is 78.9 Å². The quantitative estimate of drug-likeness (QED) is 0.206. The Kier molecular flexibility index (Phi) is 5.10. The second kappa shape index (κ2) is 9.26. The fourth-order valence-electron chi connectivity index (χ4n) is 6.13. The van der Waals surface area contributed by atoms with Gasteiger partial charge in [0.2, 0.25) is 0 Å². The van der Waals surface area contributed by atoms with Crippen LogP contribution in [0, 0.1) is 0 Å². The summed E-state index contributed by atoms with van der Waals surface area (Å²) in [6, 6.07) is 41.2. The van der Waals surface area contributed by atoms with Crippen molar-refractivity contribution < 1.29 is 0 Å². The number of fused-ring (bicyclic) bond motifs is 7. The Morgan fingerprint density at radius 2 is 1.28 bits per heavy atom. The fourth-order valence-corrected chi connectivity index (χ4v) is 6.13. The molecule has 6 nitrogen and oxygen atoms in total. The molecular weight excluding hydrogens is 528 g/mol. The molecule has 200 valence electrons. The van der Waals surface area contributed by atoms with E-state index in [4.69, 9.17) is 19.9 Å². The summed E-state index contributed by atoms with van der Waals surface area (Å²) in [6.45, 7) is 0. The minimum Gasteiger partial charge on any atom is -0.277 e. The maximum absolute atomic E-state index is 5.31. The smallest absolute Gasteiger partial charge is 0.162 e. The van der Waals surface area contributed by atoms with Crippen LogP contribution in [0.15, 0.2) is 134 Å². The minimum absolute atomic E-state index is 0.613. The van der Waals surface area contributed by atoms with Crippen LogP contribution in [-0.2, 0) is 0 Å². The molecule has 0 radical (unpaired) electrons. The molecular formula is C37H22N6. The number of rotatable bonds is 3. The van der Waals surface area contributed by atoms with Gasteiger partial charge in [-0.3, -0.25) is 9.55 Å². The van der Waals surface area contributed by atoms with E-state index >= 15 is 0 Å². The third-order valence-electron chi connectivity index (χ3n) is 8.11. The van der Waals surface area contributed by atoms with Crippen LogP contribution >= 0.6 is 0 Å². The van der Waals surface area contributed by atoms with Crippen molar-refractivity contribution in [3.63, 3.8) is 0 Å². The van der Waals surface area contributed by atoms with Gasteiger partial charge in [0, 0.05) is 50.5 Å². The molecule has 0 aliphatic heterocycles. The van der Waals surface area contributed by atoms with Crippen molar-refractivity contribution in [2.24, 2.45) is 0 Å². The van der Waals surface area contributed by atoms with Gasteiger partial charge in [0.05, 0.1) is 22.2 Å². The standard InChI is InChI=1S/C37H22N6/c1-2-9-23(10-3-1)30-20-18-24-17-19-29-34(33(24)40-30)41-35(27-12-6-15-31-25(27)13-7-21-38-31)42-37(29)43-32-16-5-4-11-26(32)28-14-8-22-39-36(28)43/h1-22H. The Bertz CT molecular complexity index is 2460. The van der Waals surface area contributed by atoms with Crippen LogP contribution in [0.2, 0.25) is 0 Å². The Morgan fingerprint density at radius 3 is 2.21 bits per heavy atom. The largest absolute Gasteiger partial charge is 0.277 e. The third kappa shape index (κ3) is 3.63. The number of pyridine rings is 3. The molecule has 9 rings (SSSR count). The minimum atomic E-state index is 0.613. The Balaban J connectivity index is 1.45. The average Bonchev–Trinajstić information content (AvgIpc) is 3.42. The molecule has 0 spiro atoms. The molecule has 0 fully saturated rings. The highest BCUT2D eigenvalue weighted by atomic mass is 15.1. The van der Waals surface area contributed by atoms with Crippen LogP contribution in [0.3, 0.4) is 0 Å². The lowest BCUT2D eigenvalue weighted by Gasteiger charge is -2.14. The molecule has 0 N–H and O–H groups in total. The Labute approximate surface area is 246 Å². The summed E-state index contributed by atoms with van der Waals surface area (Å²) in [7, 11) is 0. The molecule has 0 saturated heterocycles. The molecule has 43 heavy (non-hydrogen) atoms. The normalized spacial score (nSPS) is 11.7. The molecule has 0 aliphatic rings. The first-order valence-corrected chi connectivity index (χ1v) is 14.2. The number of nitrogens with zero attached hydrogens (tertiary/aromatic N) is 6. The molecule has 0 unspecified atom stereocenters. The highest BCUT2D eigenvalue weighted by Gasteiger charge is 2.20. The van der Waals surface area contributed by atoms with Gasteiger partial charge in [-0.15, -0.1) is 0 Å². The van der Waals surface area contributed by atoms with E-state index in [1.807, 2.05) is 54.9 Å². The number of benzene rings is 4. The van der Waals surface area contributed by atoms with Gasteiger partial charge in [-0.25, -0.2) is 19.9 Å². The van der Waals surface area contributed by atoms with E-state index in [1.165, 1.54) is 0 Å². The maximum atomic E-state index is 5.31. The first kappa shape index (κ1) is 23.7. The van der Waals surface area contributed by atoms with E-state index in [0.29, 0.717) is 5.82 Å². The SMILES string of the molecule is c1ccc(-c2ccc3ccc4c(-n5c6ccccc6c6cccnc65)nc(-c5cccc6ncccc56)nc4c3n2)cc1. The molecule has 5 heterocycles. The van der Waals surface area contributed by atoms with E-state index in [2.05, 4.69) is 88.4 Å². The van der Waals surface area contributed by atoms with Crippen molar-refractivity contribution in [2.45, 2.75) is 0 Å². The van der Waals surface area contributed by atoms with Gasteiger partial charge >= 0.3 is 0 Å². The molecule has 0 saturated carbocycles. The molecule has 0 bridgehead atoms. The van der Waals surface area contributed by atoms with E-state index in [-0.39, 0.29) is 0 Å². The van der Waals surface area contributed by atoms with Crippen molar-refractivity contribution in [1.29, 1.82) is 0 Å². The lowest BCUT2D eigenvalue weighted by atomic mass is 10.1. The number of hydrogen-bond acceptors (Lipinski definition) is 5. The zero-order valence-electron chi connectivity index (χ0n) is 22.9. The first-order chi connectivity index (χ1) is 21.3. The predicted molar refractivity (Wildman–Crippen MR) is 173 cm³/mol. The summed E-state index contributed by atoms with van der Waals surface area (Å²) in [4.78, 5) is 25.2. The molecule has 5 aromatic heterocycles. The Morgan fingerprint density at radius 1 is 0.488 bits per heavy atom. The second-order valence-corrected chi connectivity index (χ2v) is 10.6. The van der Waals surface area contributed by atoms with Gasteiger partial charge in [-0.2, -0.15) is 0 Å². The van der Waals surface area contributed by atoms with Gasteiger partial charge in [0.1, 0.15) is 11.2 Å². The van der Waals surface area contributed by atoms with E-state index in [1.54, 1.807) is 0 Å². The Hall–Kier alpha value is -6.01. The van der Waals surface area contributed by atoms with Crippen molar-refractivity contribution in [2.75, 3.05) is 0 Å². The van der Waals surface area contributed by atoms with Crippen molar-refractivity contribution >= 4 is 54.6 Å². The van der Waals surface area contributed by atoms with Crippen LogP contribution in [0.5, 0.6) is 0 Å². The molecule has 6 heteroatoms. The topological polar surface area (TPSA) is 69.4 Å². The lowest BCUT2D eigenvalue weighted by Crippen LogP contribution is -2.04. The third-order valence-corrected chi connectivity index (χ3v) is 8.11. The van der Waals surface area contributed by atoms with Crippen LogP contribution in [0.25, 0.3) is 83.1 Å². The number of hydrogen-bond donors (Lipinski definition) is 0. The summed E-state index contributed by atoms with van der Waals surface area (Å²) in [5, 5.41) is 5.11. The summed E-state index contributed by atoms with van der Waals surface area (Å²) >= 11 is 0. The highest BCUT2D eigenvalue weighted by Crippen LogP contribution is 2.36. The maximum Gasteiger partial charge on any atom is 0.162 e. The van der Waals surface area contributed by atoms with Gasteiger partial charge in [0.15, 0.2) is 11.6 Å². The van der Waals surface area contributed by atoms with Crippen LogP contribution in [0.4, 0.5) is 0 Å². The lowest BCUT2D eigenvalue weighted by molar-refractivity contribution is 1.06. The monoisotopic (exact) mass is 550 g/mol. The molecule has 9 aromatic rings.